The molecular weight excluding hydrogens is 318 g/mol. The van der Waals surface area contributed by atoms with Crippen molar-refractivity contribution in [2.75, 3.05) is 13.7 Å². The summed E-state index contributed by atoms with van der Waals surface area (Å²) in [6, 6.07) is -0.257. The van der Waals surface area contributed by atoms with Crippen LogP contribution >= 0.6 is 0 Å². The minimum atomic E-state index is -3.66. The summed E-state index contributed by atoms with van der Waals surface area (Å²) in [5, 5.41) is 4.14. The average molecular weight is 339 g/mol. The molecule has 0 aliphatic carbocycles. The van der Waals surface area contributed by atoms with E-state index in [4.69, 9.17) is 4.74 Å². The highest BCUT2D eigenvalue weighted by Crippen LogP contribution is 2.36. The van der Waals surface area contributed by atoms with E-state index in [0.29, 0.717) is 18.8 Å². The van der Waals surface area contributed by atoms with Gasteiger partial charge in [-0.05, 0) is 20.3 Å². The van der Waals surface area contributed by atoms with E-state index in [9.17, 15) is 8.42 Å². The molecule has 3 rings (SSSR count). The van der Waals surface area contributed by atoms with Gasteiger partial charge in [-0.15, -0.1) is 0 Å². The van der Waals surface area contributed by atoms with E-state index in [0.717, 1.165) is 0 Å². The third kappa shape index (κ3) is 2.91. The average Bonchev–Trinajstić information content (AvgIpc) is 3.25. The Labute approximate surface area is 135 Å². The fourth-order valence-corrected chi connectivity index (χ4v) is 4.36. The summed E-state index contributed by atoms with van der Waals surface area (Å²) >= 11 is 0. The zero-order valence-corrected chi connectivity index (χ0v) is 14.2. The van der Waals surface area contributed by atoms with E-state index in [1.54, 1.807) is 30.4 Å². The first kappa shape index (κ1) is 16.2. The zero-order chi connectivity index (χ0) is 16.6. The molecule has 2 aromatic heterocycles. The van der Waals surface area contributed by atoms with Gasteiger partial charge >= 0.3 is 0 Å². The number of aromatic nitrogens is 4. The van der Waals surface area contributed by atoms with E-state index in [-0.39, 0.29) is 23.1 Å². The molecule has 23 heavy (non-hydrogen) atoms. The fraction of sp³-hybridized carbons (Fsp3) is 0.571. The maximum absolute atomic E-state index is 13.0. The van der Waals surface area contributed by atoms with Crippen LogP contribution in [0.25, 0.3) is 0 Å². The van der Waals surface area contributed by atoms with E-state index in [1.807, 2.05) is 13.8 Å². The summed E-state index contributed by atoms with van der Waals surface area (Å²) in [5.41, 5.74) is 0. The Morgan fingerprint density at radius 3 is 2.78 bits per heavy atom. The van der Waals surface area contributed by atoms with E-state index in [1.165, 1.54) is 10.5 Å². The number of hydrogen-bond donors (Lipinski definition) is 1. The Morgan fingerprint density at radius 1 is 1.43 bits per heavy atom. The number of nitrogens with one attached hydrogen (secondary N) is 1. The van der Waals surface area contributed by atoms with Gasteiger partial charge in [0.2, 0.25) is 10.0 Å². The van der Waals surface area contributed by atoms with E-state index in [2.05, 4.69) is 15.1 Å². The Morgan fingerprint density at radius 2 is 2.22 bits per heavy atom. The van der Waals surface area contributed by atoms with Crippen molar-refractivity contribution in [3.8, 4) is 0 Å². The molecule has 0 bridgehead atoms. The number of sulfonamides is 1. The number of nitrogens with zero attached hydrogens (tertiary/aromatic N) is 4. The molecule has 0 aromatic carbocycles. The molecular formula is C14H21N5O3S. The van der Waals surface area contributed by atoms with E-state index >= 15 is 0 Å². The fourth-order valence-electron chi connectivity index (χ4n) is 2.78. The van der Waals surface area contributed by atoms with Gasteiger partial charge in [-0.3, -0.25) is 4.68 Å². The summed E-state index contributed by atoms with van der Waals surface area (Å²) in [7, 11) is -2.07. The van der Waals surface area contributed by atoms with Crippen molar-refractivity contribution in [1.29, 1.82) is 0 Å². The van der Waals surface area contributed by atoms with Crippen LogP contribution in [-0.4, -0.2) is 52.2 Å². The lowest BCUT2D eigenvalue weighted by Gasteiger charge is -2.21. The number of rotatable bonds is 5. The predicted molar refractivity (Wildman–Crippen MR) is 83.2 cm³/mol. The third-order valence-electron chi connectivity index (χ3n) is 4.10. The lowest BCUT2D eigenvalue weighted by molar-refractivity contribution is 0.114. The van der Waals surface area contributed by atoms with Gasteiger partial charge in [0, 0.05) is 38.3 Å². The first-order valence-electron chi connectivity index (χ1n) is 7.51. The van der Waals surface area contributed by atoms with E-state index < -0.39 is 10.0 Å². The molecule has 0 saturated carbocycles. The Hall–Kier alpha value is -1.71. The summed E-state index contributed by atoms with van der Waals surface area (Å²) in [6.07, 6.45) is 6.70. The largest absolute Gasteiger partial charge is 0.380 e. The lowest BCUT2D eigenvalue weighted by Crippen LogP contribution is -2.32. The topological polar surface area (TPSA) is 93.1 Å². The summed E-state index contributed by atoms with van der Waals surface area (Å²) in [4.78, 5) is 7.42. The highest BCUT2D eigenvalue weighted by atomic mass is 32.2. The third-order valence-corrected chi connectivity index (χ3v) is 5.93. The van der Waals surface area contributed by atoms with Gasteiger partial charge in [-0.2, -0.15) is 9.40 Å². The summed E-state index contributed by atoms with van der Waals surface area (Å²) in [5.74, 6) is 0.629. The molecule has 1 aliphatic rings. The molecule has 8 nitrogen and oxygen atoms in total. The van der Waals surface area contributed by atoms with Crippen molar-refractivity contribution in [3.63, 3.8) is 0 Å². The maximum atomic E-state index is 13.0. The van der Waals surface area contributed by atoms with Crippen molar-refractivity contribution in [2.45, 2.75) is 43.4 Å². The van der Waals surface area contributed by atoms with Crippen molar-refractivity contribution >= 4 is 10.0 Å². The summed E-state index contributed by atoms with van der Waals surface area (Å²) in [6.45, 7) is 4.20. The van der Waals surface area contributed by atoms with Crippen LogP contribution in [0.2, 0.25) is 0 Å². The van der Waals surface area contributed by atoms with Crippen LogP contribution in [0.5, 0.6) is 0 Å². The molecule has 2 aromatic rings. The second-order valence-corrected chi connectivity index (χ2v) is 7.80. The number of H-pyrrole nitrogens is 1. The second kappa shape index (κ2) is 6.06. The van der Waals surface area contributed by atoms with Crippen molar-refractivity contribution in [3.05, 3.63) is 30.6 Å². The molecule has 0 amide bonds. The van der Waals surface area contributed by atoms with Crippen LogP contribution in [0, 0.1) is 0 Å². The van der Waals surface area contributed by atoms with Crippen molar-refractivity contribution in [1.82, 2.24) is 24.1 Å². The number of ether oxygens (including phenoxy) is 1. The number of methoxy groups -OCH3 is 1. The smallest absolute Gasteiger partial charge is 0.246 e. The molecule has 1 unspecified atom stereocenters. The zero-order valence-electron chi connectivity index (χ0n) is 13.4. The van der Waals surface area contributed by atoms with Gasteiger partial charge in [0.05, 0.1) is 18.3 Å². The molecule has 3 heterocycles. The molecule has 1 fully saturated rings. The van der Waals surface area contributed by atoms with Crippen LogP contribution < -0.4 is 0 Å². The summed E-state index contributed by atoms with van der Waals surface area (Å²) < 4.78 is 34.5. The standard InChI is InChI=1S/C14H21N5O3S/c1-10(2)18-9-12(7-17-18)23(20,21)19-8-11(22-3)6-13(19)14-15-4-5-16-14/h4-5,7,9-11,13H,6,8H2,1-3H3,(H,15,16)/t11-,13?/m1/s1. The molecule has 9 heteroatoms. The van der Waals surface area contributed by atoms with Crippen LogP contribution in [0.15, 0.2) is 29.7 Å². The monoisotopic (exact) mass is 339 g/mol. The Bertz CT molecular complexity index is 753. The molecule has 1 saturated heterocycles. The van der Waals surface area contributed by atoms with Gasteiger partial charge in [0.25, 0.3) is 0 Å². The lowest BCUT2D eigenvalue weighted by atomic mass is 10.2. The quantitative estimate of drug-likeness (QED) is 0.887. The minimum absolute atomic E-state index is 0.102. The Kier molecular flexibility index (Phi) is 4.26. The maximum Gasteiger partial charge on any atom is 0.246 e. The van der Waals surface area contributed by atoms with Gasteiger partial charge in [-0.25, -0.2) is 13.4 Å². The molecule has 1 aliphatic heterocycles. The SMILES string of the molecule is CO[C@@H]1CC(c2ncc[nH]2)N(S(=O)(=O)c2cnn(C(C)C)c2)C1. The van der Waals surface area contributed by atoms with Crippen LogP contribution in [0.4, 0.5) is 0 Å². The second-order valence-electron chi connectivity index (χ2n) is 5.91. The molecule has 2 atom stereocenters. The van der Waals surface area contributed by atoms with Gasteiger partial charge in [0.1, 0.15) is 10.7 Å². The van der Waals surface area contributed by atoms with Gasteiger partial charge in [-0.1, -0.05) is 0 Å². The normalized spacial score (nSPS) is 23.0. The van der Waals surface area contributed by atoms with Gasteiger partial charge in [0.15, 0.2) is 0 Å². The Balaban J connectivity index is 1.95. The van der Waals surface area contributed by atoms with Crippen molar-refractivity contribution < 1.29 is 13.2 Å². The molecule has 0 spiro atoms. The number of imidazole rings is 1. The van der Waals surface area contributed by atoms with Crippen LogP contribution in [-0.2, 0) is 14.8 Å². The number of hydrogen-bond acceptors (Lipinski definition) is 5. The highest BCUT2D eigenvalue weighted by Gasteiger charge is 2.42. The molecule has 126 valence electrons. The molecule has 0 radical (unpaired) electrons. The van der Waals surface area contributed by atoms with Crippen LogP contribution in [0.1, 0.15) is 38.2 Å². The highest BCUT2D eigenvalue weighted by molar-refractivity contribution is 7.89. The first-order chi connectivity index (χ1) is 10.9. The first-order valence-corrected chi connectivity index (χ1v) is 8.95. The minimum Gasteiger partial charge on any atom is -0.380 e. The van der Waals surface area contributed by atoms with Gasteiger partial charge < -0.3 is 9.72 Å². The van der Waals surface area contributed by atoms with Crippen molar-refractivity contribution in [2.24, 2.45) is 0 Å². The van der Waals surface area contributed by atoms with Crippen LogP contribution in [0.3, 0.4) is 0 Å². The molecule has 1 N–H and O–H groups in total. The number of aromatic amines is 1. The predicted octanol–water partition coefficient (Wildman–Crippen LogP) is 1.34.